The lowest BCUT2D eigenvalue weighted by Crippen LogP contribution is -2.48. The van der Waals surface area contributed by atoms with E-state index in [0.29, 0.717) is 5.11 Å². The third kappa shape index (κ3) is 3.74. The number of hydrogen-bond acceptors (Lipinski definition) is 6. The monoisotopic (exact) mass is 415 g/mol. The van der Waals surface area contributed by atoms with Crippen LogP contribution in [-0.2, 0) is 40.8 Å². The summed E-state index contributed by atoms with van der Waals surface area (Å²) in [5.41, 5.74) is 4.57. The van der Waals surface area contributed by atoms with Crippen molar-refractivity contribution in [3.63, 3.8) is 0 Å². The Hall–Kier alpha value is -2.45. The second kappa shape index (κ2) is 8.12. The van der Waals surface area contributed by atoms with Gasteiger partial charge in [-0.1, -0.05) is 11.2 Å². The first-order valence-corrected chi connectivity index (χ1v) is 10.5. The van der Waals surface area contributed by atoms with Gasteiger partial charge >= 0.3 is 5.97 Å². The molecule has 1 aromatic carbocycles. The van der Waals surface area contributed by atoms with Crippen LogP contribution in [0.4, 0.5) is 5.69 Å². The molecule has 0 saturated heterocycles. The maximum absolute atomic E-state index is 12.4. The molecular weight excluding hydrogens is 390 g/mol. The largest absolute Gasteiger partial charge is 0.463 e. The highest BCUT2D eigenvalue weighted by atomic mass is 32.1. The molecule has 0 radical (unpaired) electrons. The van der Waals surface area contributed by atoms with Crippen LogP contribution in [0.25, 0.3) is 0 Å². The molecule has 7 nitrogen and oxygen atoms in total. The molecule has 154 valence electrons. The first kappa shape index (κ1) is 19.8. The predicted molar refractivity (Wildman–Crippen MR) is 112 cm³/mol. The second-order valence-corrected chi connectivity index (χ2v) is 7.91. The summed E-state index contributed by atoms with van der Waals surface area (Å²) in [6, 6.07) is 3.79. The van der Waals surface area contributed by atoms with E-state index in [0.717, 1.165) is 44.2 Å². The summed E-state index contributed by atoms with van der Waals surface area (Å²) >= 11 is 5.50. The highest BCUT2D eigenvalue weighted by Gasteiger charge is 2.43. The first-order chi connectivity index (χ1) is 14.0. The number of thiocarbonyl (C=S) groups is 1. The van der Waals surface area contributed by atoms with Crippen molar-refractivity contribution in [1.82, 2.24) is 10.5 Å². The third-order valence-electron chi connectivity index (χ3n) is 5.67. The SMILES string of the molecule is CCOC(=O)C(O)(CNC(=S)Nc1c2c(cc3c1CCC3)CCC2)c1ccno1. The summed E-state index contributed by atoms with van der Waals surface area (Å²) in [5, 5.41) is 21.2. The number of benzene rings is 1. The van der Waals surface area contributed by atoms with Gasteiger partial charge in [0.15, 0.2) is 10.9 Å². The van der Waals surface area contributed by atoms with E-state index in [1.54, 1.807) is 6.92 Å². The zero-order valence-electron chi connectivity index (χ0n) is 16.4. The molecule has 2 aliphatic carbocycles. The minimum atomic E-state index is -2.02. The summed E-state index contributed by atoms with van der Waals surface area (Å²) in [5.74, 6) is -0.804. The Bertz CT molecular complexity index is 896. The molecule has 0 saturated carbocycles. The number of nitrogens with one attached hydrogen (secondary N) is 2. The minimum Gasteiger partial charge on any atom is -0.463 e. The second-order valence-electron chi connectivity index (χ2n) is 7.50. The lowest BCUT2D eigenvalue weighted by molar-refractivity contribution is -0.167. The molecule has 2 aliphatic rings. The molecular formula is C21H25N3O4S. The maximum atomic E-state index is 12.4. The van der Waals surface area contributed by atoms with E-state index in [1.165, 1.54) is 34.5 Å². The van der Waals surface area contributed by atoms with Crippen LogP contribution < -0.4 is 10.6 Å². The van der Waals surface area contributed by atoms with Crippen molar-refractivity contribution in [2.45, 2.75) is 51.0 Å². The van der Waals surface area contributed by atoms with Crippen molar-refractivity contribution in [3.05, 3.63) is 46.3 Å². The molecule has 0 amide bonds. The van der Waals surface area contributed by atoms with Gasteiger partial charge in [-0.3, -0.25) is 0 Å². The van der Waals surface area contributed by atoms with Crippen LogP contribution in [0.5, 0.6) is 0 Å². The lowest BCUT2D eigenvalue weighted by atomic mass is 9.99. The molecule has 0 fully saturated rings. The Labute approximate surface area is 174 Å². The number of anilines is 1. The quantitative estimate of drug-likeness (QED) is 0.489. The number of carbonyl (C=O) groups is 1. The molecule has 29 heavy (non-hydrogen) atoms. The molecule has 3 N–H and O–H groups in total. The van der Waals surface area contributed by atoms with E-state index >= 15 is 0 Å². The average molecular weight is 416 g/mol. The van der Waals surface area contributed by atoms with Crippen molar-refractivity contribution >= 4 is 29.0 Å². The molecule has 0 bridgehead atoms. The zero-order chi connectivity index (χ0) is 20.4. The van der Waals surface area contributed by atoms with Gasteiger partial charge in [-0.25, -0.2) is 4.79 Å². The van der Waals surface area contributed by atoms with E-state index in [-0.39, 0.29) is 18.9 Å². The topological polar surface area (TPSA) is 96.6 Å². The van der Waals surface area contributed by atoms with Crippen molar-refractivity contribution in [1.29, 1.82) is 0 Å². The molecule has 1 aromatic heterocycles. The standard InChI is InChI=1S/C21H25N3O4S/c1-2-27-19(25)21(26,17-9-10-23-28-17)12-22-20(29)24-18-15-7-3-5-13(15)11-14-6-4-8-16(14)18/h9-11,26H,2-8,12H2,1H3,(H2,22,24,29). The number of rotatable bonds is 6. The molecule has 0 aliphatic heterocycles. The van der Waals surface area contributed by atoms with E-state index in [9.17, 15) is 9.90 Å². The number of carbonyl (C=O) groups excluding carboxylic acids is 1. The predicted octanol–water partition coefficient (Wildman–Crippen LogP) is 2.39. The Kier molecular flexibility index (Phi) is 5.56. The number of nitrogens with zero attached hydrogens (tertiary/aromatic N) is 1. The number of aromatic nitrogens is 1. The van der Waals surface area contributed by atoms with Crippen molar-refractivity contribution in [3.8, 4) is 0 Å². The normalized spacial score (nSPS) is 16.6. The molecule has 0 spiro atoms. The van der Waals surface area contributed by atoms with Gasteiger partial charge in [0.2, 0.25) is 5.60 Å². The summed E-state index contributed by atoms with van der Waals surface area (Å²) in [6.07, 6.45) is 7.96. The molecule has 4 rings (SSSR count). The van der Waals surface area contributed by atoms with E-state index < -0.39 is 11.6 Å². The number of hydrogen-bond donors (Lipinski definition) is 3. The molecule has 8 heteroatoms. The third-order valence-corrected chi connectivity index (χ3v) is 5.92. The first-order valence-electron chi connectivity index (χ1n) is 10.0. The van der Waals surface area contributed by atoms with Crippen LogP contribution in [0.15, 0.2) is 22.9 Å². The summed E-state index contributed by atoms with van der Waals surface area (Å²) in [4.78, 5) is 12.4. The minimum absolute atomic E-state index is 0.00717. The fourth-order valence-electron chi connectivity index (χ4n) is 4.27. The van der Waals surface area contributed by atoms with E-state index in [1.807, 2.05) is 0 Å². The number of aliphatic hydroxyl groups is 1. The average Bonchev–Trinajstić information content (AvgIpc) is 3.46. The van der Waals surface area contributed by atoms with Gasteiger partial charge < -0.3 is 25.0 Å². The number of esters is 1. The van der Waals surface area contributed by atoms with Gasteiger partial charge in [0.25, 0.3) is 0 Å². The highest BCUT2D eigenvalue weighted by molar-refractivity contribution is 7.80. The Morgan fingerprint density at radius 1 is 1.28 bits per heavy atom. The van der Waals surface area contributed by atoms with Gasteiger partial charge in [-0.2, -0.15) is 0 Å². The van der Waals surface area contributed by atoms with Gasteiger partial charge in [0.1, 0.15) is 0 Å². The number of aryl methyl sites for hydroxylation is 2. The van der Waals surface area contributed by atoms with Crippen LogP contribution in [0.3, 0.4) is 0 Å². The Morgan fingerprint density at radius 3 is 2.55 bits per heavy atom. The van der Waals surface area contributed by atoms with Crippen LogP contribution in [0.2, 0.25) is 0 Å². The van der Waals surface area contributed by atoms with Crippen LogP contribution in [0.1, 0.15) is 47.8 Å². The summed E-state index contributed by atoms with van der Waals surface area (Å²) in [7, 11) is 0. The smallest absolute Gasteiger partial charge is 0.348 e. The molecule has 2 aromatic rings. The number of ether oxygens (including phenoxy) is 1. The molecule has 1 unspecified atom stereocenters. The van der Waals surface area contributed by atoms with Gasteiger partial charge in [-0.15, -0.1) is 0 Å². The molecule has 1 heterocycles. The summed E-state index contributed by atoms with van der Waals surface area (Å²) < 4.78 is 10.1. The summed E-state index contributed by atoms with van der Waals surface area (Å²) in [6.45, 7) is 1.62. The fraction of sp³-hybridized carbons (Fsp3) is 0.476. The van der Waals surface area contributed by atoms with Crippen LogP contribution in [-0.4, -0.2) is 34.5 Å². The van der Waals surface area contributed by atoms with Crippen molar-refractivity contribution < 1.29 is 19.2 Å². The maximum Gasteiger partial charge on any atom is 0.348 e. The Morgan fingerprint density at radius 2 is 1.97 bits per heavy atom. The Balaban J connectivity index is 1.51. The fourth-order valence-corrected chi connectivity index (χ4v) is 4.45. The van der Waals surface area contributed by atoms with Gasteiger partial charge in [-0.05, 0) is 79.9 Å². The highest BCUT2D eigenvalue weighted by Crippen LogP contribution is 2.38. The van der Waals surface area contributed by atoms with Gasteiger partial charge in [0, 0.05) is 11.8 Å². The van der Waals surface area contributed by atoms with E-state index in [2.05, 4.69) is 21.9 Å². The van der Waals surface area contributed by atoms with Gasteiger partial charge in [0.05, 0.1) is 19.3 Å². The van der Waals surface area contributed by atoms with Crippen molar-refractivity contribution in [2.75, 3.05) is 18.5 Å². The zero-order valence-corrected chi connectivity index (χ0v) is 17.2. The molecule has 1 atom stereocenters. The number of fused-ring (bicyclic) bond motifs is 2. The van der Waals surface area contributed by atoms with E-state index in [4.69, 9.17) is 21.5 Å². The van der Waals surface area contributed by atoms with Crippen LogP contribution in [0, 0.1) is 0 Å². The lowest BCUT2D eigenvalue weighted by Gasteiger charge is -2.25. The van der Waals surface area contributed by atoms with Crippen LogP contribution >= 0.6 is 12.2 Å². The van der Waals surface area contributed by atoms with Crippen molar-refractivity contribution in [2.24, 2.45) is 0 Å².